The highest BCUT2D eigenvalue weighted by atomic mass is 35.5. The van der Waals surface area contributed by atoms with Crippen LogP contribution in [0.4, 0.5) is 11.4 Å². The normalized spacial score (nSPS) is 12.2. The molecule has 0 aliphatic carbocycles. The van der Waals surface area contributed by atoms with Crippen LogP contribution in [0.15, 0.2) is 27.8 Å². The molecule has 0 aliphatic rings. The summed E-state index contributed by atoms with van der Waals surface area (Å²) in [4.78, 5) is 16.4. The monoisotopic (exact) mass is 325 g/mol. The maximum Gasteiger partial charge on any atom is 0.256 e. The Morgan fingerprint density at radius 2 is 2.19 bits per heavy atom. The molecule has 7 heteroatoms. The summed E-state index contributed by atoms with van der Waals surface area (Å²) in [7, 11) is 0. The zero-order chi connectivity index (χ0) is 15.6. The third-order valence-corrected chi connectivity index (χ3v) is 4.11. The van der Waals surface area contributed by atoms with Crippen LogP contribution in [0, 0.1) is 13.8 Å². The highest BCUT2D eigenvalue weighted by molar-refractivity contribution is 8.00. The summed E-state index contributed by atoms with van der Waals surface area (Å²) >= 11 is 7.15. The molecule has 0 aliphatic heterocycles. The summed E-state index contributed by atoms with van der Waals surface area (Å²) in [5.74, 6) is 0.562. The fourth-order valence-corrected chi connectivity index (χ4v) is 2.57. The SMILES string of the molecule is Cc1nc(SC(C)C(=O)Nc2cc(Cl)ccc2N)oc1C. The number of nitrogens with one attached hydrogen (secondary N) is 1. The Bertz CT molecular complexity index is 653. The summed E-state index contributed by atoms with van der Waals surface area (Å²) in [6, 6.07) is 4.94. The first-order valence-corrected chi connectivity index (χ1v) is 7.59. The molecule has 21 heavy (non-hydrogen) atoms. The molecule has 1 amide bonds. The fraction of sp³-hybridized carbons (Fsp3) is 0.286. The van der Waals surface area contributed by atoms with Gasteiger partial charge in [0.05, 0.1) is 22.3 Å². The summed E-state index contributed by atoms with van der Waals surface area (Å²) in [5.41, 5.74) is 7.59. The molecule has 1 aromatic carbocycles. The molecule has 1 aromatic heterocycles. The molecule has 1 unspecified atom stereocenters. The minimum atomic E-state index is -0.374. The second-order valence-corrected chi connectivity index (χ2v) is 6.33. The maximum absolute atomic E-state index is 12.2. The van der Waals surface area contributed by atoms with Crippen molar-refractivity contribution in [3.8, 4) is 0 Å². The van der Waals surface area contributed by atoms with E-state index in [-0.39, 0.29) is 11.2 Å². The number of carbonyl (C=O) groups is 1. The van der Waals surface area contributed by atoms with Gasteiger partial charge in [0, 0.05) is 5.02 Å². The Labute approximate surface area is 132 Å². The smallest absolute Gasteiger partial charge is 0.256 e. The molecular formula is C14H16ClN3O2S. The van der Waals surface area contributed by atoms with E-state index in [1.807, 2.05) is 13.8 Å². The standard InChI is InChI=1S/C14H16ClN3O2S/c1-7-8(2)20-14(17-7)21-9(3)13(19)18-12-6-10(15)4-5-11(12)16/h4-6,9H,16H2,1-3H3,(H,18,19). The zero-order valence-electron chi connectivity index (χ0n) is 11.9. The van der Waals surface area contributed by atoms with Crippen LogP contribution < -0.4 is 11.1 Å². The highest BCUT2D eigenvalue weighted by Gasteiger charge is 2.19. The number of nitrogens with zero attached hydrogens (tertiary/aromatic N) is 1. The lowest BCUT2D eigenvalue weighted by Crippen LogP contribution is -2.23. The summed E-state index contributed by atoms with van der Waals surface area (Å²) in [6.45, 7) is 5.47. The van der Waals surface area contributed by atoms with Crippen molar-refractivity contribution >= 4 is 40.6 Å². The molecule has 0 radical (unpaired) electrons. The molecule has 0 bridgehead atoms. The van der Waals surface area contributed by atoms with Crippen molar-refractivity contribution in [2.75, 3.05) is 11.1 Å². The summed E-state index contributed by atoms with van der Waals surface area (Å²) < 4.78 is 5.45. The number of hydrogen-bond acceptors (Lipinski definition) is 5. The Hall–Kier alpha value is -1.66. The van der Waals surface area contributed by atoms with Crippen molar-refractivity contribution < 1.29 is 9.21 Å². The molecule has 0 spiro atoms. The van der Waals surface area contributed by atoms with Crippen LogP contribution in [0.3, 0.4) is 0 Å². The summed E-state index contributed by atoms with van der Waals surface area (Å²) in [6.07, 6.45) is 0. The number of nitrogens with two attached hydrogens (primary N) is 1. The number of aryl methyl sites for hydroxylation is 2. The van der Waals surface area contributed by atoms with Crippen molar-refractivity contribution in [2.24, 2.45) is 0 Å². The van der Waals surface area contributed by atoms with E-state index in [4.69, 9.17) is 21.8 Å². The molecular weight excluding hydrogens is 310 g/mol. The van der Waals surface area contributed by atoms with Crippen LogP contribution in [0.5, 0.6) is 0 Å². The second-order valence-electron chi connectivity index (χ2n) is 4.60. The van der Waals surface area contributed by atoms with Gasteiger partial charge >= 0.3 is 0 Å². The van der Waals surface area contributed by atoms with Gasteiger partial charge in [0.25, 0.3) is 5.22 Å². The van der Waals surface area contributed by atoms with Crippen LogP contribution in [-0.2, 0) is 4.79 Å². The van der Waals surface area contributed by atoms with Crippen molar-refractivity contribution in [2.45, 2.75) is 31.2 Å². The number of anilines is 2. The van der Waals surface area contributed by atoms with Gasteiger partial charge in [0.15, 0.2) is 0 Å². The third kappa shape index (κ3) is 3.92. The summed E-state index contributed by atoms with van der Waals surface area (Å²) in [5, 5.41) is 3.37. The molecule has 2 rings (SSSR count). The van der Waals surface area contributed by atoms with E-state index in [1.165, 1.54) is 11.8 Å². The Balaban J connectivity index is 2.04. The first kappa shape index (κ1) is 15.7. The quantitative estimate of drug-likeness (QED) is 0.662. The second kappa shape index (κ2) is 6.41. The number of hydrogen-bond donors (Lipinski definition) is 2. The van der Waals surface area contributed by atoms with Crippen molar-refractivity contribution in [3.63, 3.8) is 0 Å². The molecule has 1 atom stereocenters. The molecule has 5 nitrogen and oxygen atoms in total. The number of benzene rings is 1. The number of halogens is 1. The van der Waals surface area contributed by atoms with Crippen molar-refractivity contribution in [3.05, 3.63) is 34.7 Å². The first-order valence-electron chi connectivity index (χ1n) is 6.33. The average molecular weight is 326 g/mol. The molecule has 0 saturated heterocycles. The molecule has 2 aromatic rings. The van der Waals surface area contributed by atoms with Gasteiger partial charge in [-0.3, -0.25) is 4.79 Å². The highest BCUT2D eigenvalue weighted by Crippen LogP contribution is 2.27. The number of nitrogen functional groups attached to an aromatic ring is 1. The van der Waals surface area contributed by atoms with E-state index in [2.05, 4.69) is 10.3 Å². The van der Waals surface area contributed by atoms with Gasteiger partial charge < -0.3 is 15.5 Å². The van der Waals surface area contributed by atoms with Crippen LogP contribution in [-0.4, -0.2) is 16.1 Å². The lowest BCUT2D eigenvalue weighted by molar-refractivity contribution is -0.115. The molecule has 112 valence electrons. The topological polar surface area (TPSA) is 81.2 Å². The van der Waals surface area contributed by atoms with Gasteiger partial charge in [-0.1, -0.05) is 23.4 Å². The van der Waals surface area contributed by atoms with E-state index in [1.54, 1.807) is 25.1 Å². The van der Waals surface area contributed by atoms with Crippen LogP contribution in [0.1, 0.15) is 18.4 Å². The van der Waals surface area contributed by atoms with Crippen LogP contribution in [0.25, 0.3) is 0 Å². The van der Waals surface area contributed by atoms with E-state index in [0.29, 0.717) is 21.6 Å². The lowest BCUT2D eigenvalue weighted by atomic mass is 10.2. The number of aromatic nitrogens is 1. The van der Waals surface area contributed by atoms with Gasteiger partial charge in [-0.05, 0) is 39.0 Å². The number of thioether (sulfide) groups is 1. The van der Waals surface area contributed by atoms with E-state index in [9.17, 15) is 4.79 Å². The number of amides is 1. The van der Waals surface area contributed by atoms with Crippen LogP contribution in [0.2, 0.25) is 5.02 Å². The molecule has 0 fully saturated rings. The van der Waals surface area contributed by atoms with Gasteiger partial charge in [-0.2, -0.15) is 0 Å². The average Bonchev–Trinajstić information content (AvgIpc) is 2.72. The predicted octanol–water partition coefficient (Wildman–Crippen LogP) is 3.65. The third-order valence-electron chi connectivity index (χ3n) is 2.93. The van der Waals surface area contributed by atoms with Crippen molar-refractivity contribution in [1.82, 2.24) is 4.98 Å². The van der Waals surface area contributed by atoms with Gasteiger partial charge in [-0.25, -0.2) is 4.98 Å². The minimum Gasteiger partial charge on any atom is -0.437 e. The molecule has 0 saturated carbocycles. The van der Waals surface area contributed by atoms with Gasteiger partial charge in [0.1, 0.15) is 5.76 Å². The van der Waals surface area contributed by atoms with E-state index in [0.717, 1.165) is 11.5 Å². The number of carbonyl (C=O) groups excluding carboxylic acids is 1. The van der Waals surface area contributed by atoms with Crippen LogP contribution >= 0.6 is 23.4 Å². The lowest BCUT2D eigenvalue weighted by Gasteiger charge is -2.12. The fourth-order valence-electron chi connectivity index (χ4n) is 1.57. The predicted molar refractivity (Wildman–Crippen MR) is 85.8 cm³/mol. The van der Waals surface area contributed by atoms with Gasteiger partial charge in [-0.15, -0.1) is 0 Å². The van der Waals surface area contributed by atoms with Gasteiger partial charge in [0.2, 0.25) is 5.91 Å². The Kier molecular flexibility index (Phi) is 4.80. The zero-order valence-corrected chi connectivity index (χ0v) is 13.5. The number of oxazole rings is 1. The van der Waals surface area contributed by atoms with E-state index >= 15 is 0 Å². The first-order chi connectivity index (χ1) is 9.86. The minimum absolute atomic E-state index is 0.192. The Morgan fingerprint density at radius 1 is 1.48 bits per heavy atom. The largest absolute Gasteiger partial charge is 0.437 e. The molecule has 1 heterocycles. The maximum atomic E-state index is 12.2. The Morgan fingerprint density at radius 3 is 2.81 bits per heavy atom. The van der Waals surface area contributed by atoms with Crippen molar-refractivity contribution in [1.29, 1.82) is 0 Å². The molecule has 3 N–H and O–H groups in total. The van der Waals surface area contributed by atoms with E-state index < -0.39 is 0 Å². The number of rotatable bonds is 4.